The SMILES string of the molecule is Cc1cc2c(C)nc(C)n2c(I)n1. The molecule has 0 radical (unpaired) electrons. The van der Waals surface area contributed by atoms with E-state index in [2.05, 4.69) is 43.0 Å². The fourth-order valence-electron chi connectivity index (χ4n) is 1.51. The molecule has 2 aromatic rings. The molecule has 0 amide bonds. The Bertz CT molecular complexity index is 473. The van der Waals surface area contributed by atoms with Gasteiger partial charge >= 0.3 is 0 Å². The van der Waals surface area contributed by atoms with Gasteiger partial charge in [-0.2, -0.15) is 0 Å². The van der Waals surface area contributed by atoms with Gasteiger partial charge in [0.2, 0.25) is 0 Å². The van der Waals surface area contributed by atoms with E-state index in [4.69, 9.17) is 0 Å². The van der Waals surface area contributed by atoms with Crippen LogP contribution in [-0.4, -0.2) is 14.4 Å². The van der Waals surface area contributed by atoms with E-state index in [1.165, 1.54) is 0 Å². The van der Waals surface area contributed by atoms with Gasteiger partial charge in [0.15, 0.2) is 3.83 Å². The first-order valence-electron chi connectivity index (χ1n) is 4.08. The molecule has 2 heterocycles. The Morgan fingerprint density at radius 1 is 1.23 bits per heavy atom. The third kappa shape index (κ3) is 1.33. The second-order valence-corrected chi connectivity index (χ2v) is 4.10. The van der Waals surface area contributed by atoms with Gasteiger partial charge in [0.05, 0.1) is 11.2 Å². The molecule has 0 spiro atoms. The zero-order valence-corrected chi connectivity index (χ0v) is 9.95. The van der Waals surface area contributed by atoms with Crippen molar-refractivity contribution in [1.82, 2.24) is 14.4 Å². The molecular formula is C9H10IN3. The highest BCUT2D eigenvalue weighted by atomic mass is 127. The Morgan fingerprint density at radius 2 is 1.92 bits per heavy atom. The number of aromatic nitrogens is 3. The van der Waals surface area contributed by atoms with Crippen LogP contribution in [0.3, 0.4) is 0 Å². The van der Waals surface area contributed by atoms with Crippen molar-refractivity contribution in [3.63, 3.8) is 0 Å². The van der Waals surface area contributed by atoms with E-state index in [9.17, 15) is 0 Å². The summed E-state index contributed by atoms with van der Waals surface area (Å²) in [6.07, 6.45) is 0. The van der Waals surface area contributed by atoms with Crippen LogP contribution in [0.1, 0.15) is 17.2 Å². The molecule has 0 saturated carbocycles. The van der Waals surface area contributed by atoms with Crippen LogP contribution in [-0.2, 0) is 0 Å². The summed E-state index contributed by atoms with van der Waals surface area (Å²) in [6, 6.07) is 2.07. The van der Waals surface area contributed by atoms with Crippen LogP contribution in [0, 0.1) is 24.6 Å². The molecule has 2 rings (SSSR count). The van der Waals surface area contributed by atoms with Crippen molar-refractivity contribution in [3.05, 3.63) is 27.1 Å². The number of hydrogen-bond donors (Lipinski definition) is 0. The molecule has 0 bridgehead atoms. The third-order valence-corrected chi connectivity index (χ3v) is 2.79. The molecule has 0 saturated heterocycles. The lowest BCUT2D eigenvalue weighted by atomic mass is 10.3. The number of hydrogen-bond acceptors (Lipinski definition) is 2. The molecule has 3 nitrogen and oxygen atoms in total. The van der Waals surface area contributed by atoms with Crippen molar-refractivity contribution in [2.45, 2.75) is 20.8 Å². The third-order valence-electron chi connectivity index (χ3n) is 2.06. The first-order valence-corrected chi connectivity index (χ1v) is 5.16. The largest absolute Gasteiger partial charge is 0.276 e. The first kappa shape index (κ1) is 8.93. The average molecular weight is 287 g/mol. The van der Waals surface area contributed by atoms with E-state index in [1.807, 2.05) is 20.8 Å². The maximum Gasteiger partial charge on any atom is 0.177 e. The second kappa shape index (κ2) is 2.94. The zero-order valence-electron chi connectivity index (χ0n) is 7.80. The Balaban J connectivity index is 2.97. The van der Waals surface area contributed by atoms with E-state index in [-0.39, 0.29) is 0 Å². The maximum absolute atomic E-state index is 4.41. The van der Waals surface area contributed by atoms with Gasteiger partial charge in [-0.05, 0) is 26.8 Å². The summed E-state index contributed by atoms with van der Waals surface area (Å²) in [4.78, 5) is 8.80. The Labute approximate surface area is 90.3 Å². The van der Waals surface area contributed by atoms with Crippen molar-refractivity contribution < 1.29 is 0 Å². The van der Waals surface area contributed by atoms with Gasteiger partial charge in [-0.1, -0.05) is 0 Å². The lowest BCUT2D eigenvalue weighted by Gasteiger charge is -2.01. The van der Waals surface area contributed by atoms with Crippen LogP contribution >= 0.6 is 22.6 Å². The Hall–Kier alpha value is -0.650. The van der Waals surface area contributed by atoms with Crippen LogP contribution in [0.2, 0.25) is 0 Å². The highest BCUT2D eigenvalue weighted by Crippen LogP contribution is 2.15. The van der Waals surface area contributed by atoms with E-state index in [1.54, 1.807) is 0 Å². The standard InChI is InChI=1S/C9H10IN3/c1-5-4-8-6(2)12-7(3)13(8)9(10)11-5/h4H,1-3H3. The van der Waals surface area contributed by atoms with Crippen molar-refractivity contribution in [3.8, 4) is 0 Å². The average Bonchev–Trinajstić information content (AvgIpc) is 2.27. The minimum atomic E-state index is 0.978. The van der Waals surface area contributed by atoms with Gasteiger partial charge in [-0.15, -0.1) is 0 Å². The molecule has 0 aromatic carbocycles. The number of halogens is 1. The lowest BCUT2D eigenvalue weighted by Crippen LogP contribution is -1.98. The molecule has 0 atom stereocenters. The molecule has 0 aliphatic heterocycles. The topological polar surface area (TPSA) is 30.2 Å². The number of nitrogens with zero attached hydrogens (tertiary/aromatic N) is 3. The van der Waals surface area contributed by atoms with Crippen molar-refractivity contribution in [1.29, 1.82) is 0 Å². The van der Waals surface area contributed by atoms with Crippen LogP contribution in [0.25, 0.3) is 5.52 Å². The number of imidazole rings is 1. The molecular weight excluding hydrogens is 277 g/mol. The summed E-state index contributed by atoms with van der Waals surface area (Å²) in [5.74, 6) is 1.00. The van der Waals surface area contributed by atoms with Gasteiger partial charge in [0.1, 0.15) is 5.82 Å². The first-order chi connectivity index (χ1) is 6.09. The fraction of sp³-hybridized carbons (Fsp3) is 0.333. The highest BCUT2D eigenvalue weighted by molar-refractivity contribution is 14.1. The number of fused-ring (bicyclic) bond motifs is 1. The smallest absolute Gasteiger partial charge is 0.177 e. The molecule has 13 heavy (non-hydrogen) atoms. The van der Waals surface area contributed by atoms with Gasteiger partial charge in [-0.3, -0.25) is 4.40 Å². The van der Waals surface area contributed by atoms with Crippen LogP contribution in [0.4, 0.5) is 0 Å². The molecule has 0 N–H and O–H groups in total. The normalized spacial score (nSPS) is 11.1. The summed E-state index contributed by atoms with van der Waals surface area (Å²) in [7, 11) is 0. The van der Waals surface area contributed by atoms with E-state index >= 15 is 0 Å². The molecule has 0 aliphatic carbocycles. The fourth-order valence-corrected chi connectivity index (χ4v) is 2.50. The predicted octanol–water partition coefficient (Wildman–Crippen LogP) is 2.26. The highest BCUT2D eigenvalue weighted by Gasteiger charge is 2.07. The second-order valence-electron chi connectivity index (χ2n) is 3.13. The van der Waals surface area contributed by atoms with Gasteiger partial charge in [-0.25, -0.2) is 9.97 Å². The summed E-state index contributed by atoms with van der Waals surface area (Å²) in [5, 5.41) is 0. The summed E-state index contributed by atoms with van der Waals surface area (Å²) >= 11 is 2.23. The van der Waals surface area contributed by atoms with Crippen molar-refractivity contribution >= 4 is 28.1 Å². The van der Waals surface area contributed by atoms with Crippen LogP contribution < -0.4 is 0 Å². The molecule has 0 unspecified atom stereocenters. The molecule has 0 aliphatic rings. The minimum Gasteiger partial charge on any atom is -0.276 e. The van der Waals surface area contributed by atoms with E-state index in [0.717, 1.165) is 26.6 Å². The number of aryl methyl sites for hydroxylation is 3. The summed E-state index contributed by atoms with van der Waals surface area (Å²) in [6.45, 7) is 6.03. The van der Waals surface area contributed by atoms with Crippen molar-refractivity contribution in [2.24, 2.45) is 0 Å². The van der Waals surface area contributed by atoms with E-state index < -0.39 is 0 Å². The molecule has 68 valence electrons. The minimum absolute atomic E-state index is 0.978. The van der Waals surface area contributed by atoms with E-state index in [0.29, 0.717) is 0 Å². The quantitative estimate of drug-likeness (QED) is 0.549. The van der Waals surface area contributed by atoms with Crippen LogP contribution in [0.15, 0.2) is 6.07 Å². The van der Waals surface area contributed by atoms with Crippen LogP contribution in [0.5, 0.6) is 0 Å². The molecule has 2 aromatic heterocycles. The monoisotopic (exact) mass is 287 g/mol. The summed E-state index contributed by atoms with van der Waals surface area (Å²) < 4.78 is 3.05. The lowest BCUT2D eigenvalue weighted by molar-refractivity contribution is 0.942. The number of rotatable bonds is 0. The van der Waals surface area contributed by atoms with Crippen molar-refractivity contribution in [2.75, 3.05) is 0 Å². The molecule has 4 heteroatoms. The Kier molecular flexibility index (Phi) is 2.02. The maximum atomic E-state index is 4.41. The Morgan fingerprint density at radius 3 is 2.62 bits per heavy atom. The zero-order chi connectivity index (χ0) is 9.59. The predicted molar refractivity (Wildman–Crippen MR) is 59.9 cm³/mol. The van der Waals surface area contributed by atoms with Gasteiger partial charge in [0.25, 0.3) is 0 Å². The molecule has 0 fully saturated rings. The summed E-state index contributed by atoms with van der Waals surface area (Å²) in [5.41, 5.74) is 3.27. The van der Waals surface area contributed by atoms with Gasteiger partial charge < -0.3 is 0 Å². The van der Waals surface area contributed by atoms with Gasteiger partial charge in [0, 0.05) is 28.3 Å².